The molecular formula is C23H30N4O3. The summed E-state index contributed by atoms with van der Waals surface area (Å²) in [5.41, 5.74) is 3.11. The van der Waals surface area contributed by atoms with Crippen molar-refractivity contribution >= 4 is 17.6 Å². The highest BCUT2D eigenvalue weighted by Gasteiger charge is 2.24. The van der Waals surface area contributed by atoms with Gasteiger partial charge in [-0.15, -0.1) is 0 Å². The van der Waals surface area contributed by atoms with Gasteiger partial charge in [-0.1, -0.05) is 18.2 Å². The molecule has 0 aliphatic heterocycles. The molecule has 7 nitrogen and oxygen atoms in total. The standard InChI is InChI=1S/C23H30N4O3/c1-15-8-9-17(22(28)25-18-10-11-18)13-20(15)26-23(29)24-14-21(27(2)3)16-6-5-7-19(12-16)30-4/h5-9,12-13,18,21H,10-11,14H2,1-4H3,(H,25,28)(H2,24,26,29). The van der Waals surface area contributed by atoms with Crippen LogP contribution in [-0.2, 0) is 0 Å². The predicted octanol–water partition coefficient (Wildman–Crippen LogP) is 3.32. The first kappa shape index (κ1) is 21.6. The molecule has 1 atom stereocenters. The zero-order valence-corrected chi connectivity index (χ0v) is 18.0. The lowest BCUT2D eigenvalue weighted by atomic mass is 10.1. The lowest BCUT2D eigenvalue weighted by molar-refractivity contribution is 0.0951. The zero-order chi connectivity index (χ0) is 21.7. The van der Waals surface area contributed by atoms with Gasteiger partial charge in [0.05, 0.1) is 13.2 Å². The van der Waals surface area contributed by atoms with Crippen LogP contribution >= 0.6 is 0 Å². The summed E-state index contributed by atoms with van der Waals surface area (Å²) in [6.45, 7) is 2.32. The Morgan fingerprint density at radius 2 is 1.93 bits per heavy atom. The summed E-state index contributed by atoms with van der Waals surface area (Å²) in [6, 6.07) is 13.1. The summed E-state index contributed by atoms with van der Waals surface area (Å²) in [6.07, 6.45) is 2.07. The van der Waals surface area contributed by atoms with Crippen LogP contribution in [0.3, 0.4) is 0 Å². The van der Waals surface area contributed by atoms with Gasteiger partial charge >= 0.3 is 6.03 Å². The molecule has 7 heteroatoms. The van der Waals surface area contributed by atoms with Crippen molar-refractivity contribution < 1.29 is 14.3 Å². The maximum Gasteiger partial charge on any atom is 0.319 e. The molecule has 2 aromatic rings. The summed E-state index contributed by atoms with van der Waals surface area (Å²) in [5, 5.41) is 8.77. The van der Waals surface area contributed by atoms with Gasteiger partial charge in [0.1, 0.15) is 5.75 Å². The van der Waals surface area contributed by atoms with Crippen LogP contribution < -0.4 is 20.7 Å². The van der Waals surface area contributed by atoms with E-state index in [1.54, 1.807) is 19.2 Å². The lowest BCUT2D eigenvalue weighted by Gasteiger charge is -2.25. The Balaban J connectivity index is 1.63. The van der Waals surface area contributed by atoms with Crippen LogP contribution in [0, 0.1) is 6.92 Å². The first-order chi connectivity index (χ1) is 14.4. The molecule has 0 saturated heterocycles. The number of likely N-dealkylation sites (N-methyl/N-ethyl adjacent to an activating group) is 1. The van der Waals surface area contributed by atoms with Crippen LogP contribution in [0.1, 0.15) is 40.4 Å². The average Bonchev–Trinajstić information content (AvgIpc) is 3.53. The molecule has 1 aliphatic carbocycles. The van der Waals surface area contributed by atoms with E-state index >= 15 is 0 Å². The fraction of sp³-hybridized carbons (Fsp3) is 0.391. The smallest absolute Gasteiger partial charge is 0.319 e. The molecule has 0 bridgehead atoms. The fourth-order valence-corrected chi connectivity index (χ4v) is 3.20. The molecule has 1 aliphatic rings. The lowest BCUT2D eigenvalue weighted by Crippen LogP contribution is -2.37. The summed E-state index contributed by atoms with van der Waals surface area (Å²) < 4.78 is 5.31. The van der Waals surface area contributed by atoms with Crippen molar-refractivity contribution in [2.75, 3.05) is 33.1 Å². The van der Waals surface area contributed by atoms with Crippen molar-refractivity contribution in [1.82, 2.24) is 15.5 Å². The number of anilines is 1. The van der Waals surface area contributed by atoms with E-state index in [4.69, 9.17) is 4.74 Å². The molecular weight excluding hydrogens is 380 g/mol. The van der Waals surface area contributed by atoms with Crippen LogP contribution in [0.15, 0.2) is 42.5 Å². The molecule has 0 spiro atoms. The number of carbonyl (C=O) groups is 2. The van der Waals surface area contributed by atoms with Gasteiger partial charge in [-0.2, -0.15) is 0 Å². The minimum Gasteiger partial charge on any atom is -0.497 e. The van der Waals surface area contributed by atoms with E-state index in [1.165, 1.54) is 0 Å². The third-order valence-electron chi connectivity index (χ3n) is 5.22. The number of hydrogen-bond donors (Lipinski definition) is 3. The highest BCUT2D eigenvalue weighted by atomic mass is 16.5. The number of urea groups is 1. The Bertz CT molecular complexity index is 909. The average molecular weight is 411 g/mol. The largest absolute Gasteiger partial charge is 0.497 e. The van der Waals surface area contributed by atoms with Crippen LogP contribution in [0.5, 0.6) is 5.75 Å². The van der Waals surface area contributed by atoms with E-state index in [2.05, 4.69) is 16.0 Å². The van der Waals surface area contributed by atoms with Gasteiger partial charge in [0.25, 0.3) is 5.91 Å². The second-order valence-electron chi connectivity index (χ2n) is 7.87. The molecule has 3 amide bonds. The number of amides is 3. The second kappa shape index (κ2) is 9.63. The Morgan fingerprint density at radius 3 is 2.60 bits per heavy atom. The Kier molecular flexibility index (Phi) is 6.95. The molecule has 30 heavy (non-hydrogen) atoms. The van der Waals surface area contributed by atoms with Crippen molar-refractivity contribution in [2.24, 2.45) is 0 Å². The number of carbonyl (C=O) groups excluding carboxylic acids is 2. The molecule has 1 fully saturated rings. The molecule has 2 aromatic carbocycles. The van der Waals surface area contributed by atoms with Gasteiger partial charge in [-0.05, 0) is 69.3 Å². The molecule has 1 saturated carbocycles. The number of methoxy groups -OCH3 is 1. The zero-order valence-electron chi connectivity index (χ0n) is 18.0. The van der Waals surface area contributed by atoms with Gasteiger partial charge in [0.15, 0.2) is 0 Å². The first-order valence-electron chi connectivity index (χ1n) is 10.1. The van der Waals surface area contributed by atoms with Gasteiger partial charge in [-0.3, -0.25) is 4.79 Å². The van der Waals surface area contributed by atoms with Crippen molar-refractivity contribution in [1.29, 1.82) is 0 Å². The van der Waals surface area contributed by atoms with Gasteiger partial charge < -0.3 is 25.6 Å². The highest BCUT2D eigenvalue weighted by molar-refractivity contribution is 5.97. The number of aryl methyl sites for hydroxylation is 1. The number of ether oxygens (including phenoxy) is 1. The topological polar surface area (TPSA) is 82.7 Å². The number of nitrogens with zero attached hydrogens (tertiary/aromatic N) is 1. The number of rotatable bonds is 8. The summed E-state index contributed by atoms with van der Waals surface area (Å²) in [7, 11) is 5.57. The van der Waals surface area contributed by atoms with Gasteiger partial charge in [0.2, 0.25) is 0 Å². The van der Waals surface area contributed by atoms with E-state index in [0.717, 1.165) is 29.7 Å². The number of nitrogens with one attached hydrogen (secondary N) is 3. The van der Waals surface area contributed by atoms with Crippen molar-refractivity contribution in [2.45, 2.75) is 31.8 Å². The SMILES string of the molecule is COc1cccc(C(CNC(=O)Nc2cc(C(=O)NC3CC3)ccc2C)N(C)C)c1. The molecule has 0 heterocycles. The Labute approximate surface area is 177 Å². The summed E-state index contributed by atoms with van der Waals surface area (Å²) in [4.78, 5) is 26.9. The van der Waals surface area contributed by atoms with E-state index in [-0.39, 0.29) is 24.0 Å². The van der Waals surface area contributed by atoms with Crippen LogP contribution in [0.25, 0.3) is 0 Å². The number of benzene rings is 2. The maximum atomic E-state index is 12.5. The van der Waals surface area contributed by atoms with E-state index in [9.17, 15) is 9.59 Å². The van der Waals surface area contributed by atoms with E-state index < -0.39 is 0 Å². The van der Waals surface area contributed by atoms with Crippen LogP contribution in [0.2, 0.25) is 0 Å². The number of hydrogen-bond acceptors (Lipinski definition) is 4. The summed E-state index contributed by atoms with van der Waals surface area (Å²) >= 11 is 0. The van der Waals surface area contributed by atoms with Crippen molar-refractivity contribution in [3.8, 4) is 5.75 Å². The highest BCUT2D eigenvalue weighted by Crippen LogP contribution is 2.23. The van der Waals surface area contributed by atoms with E-state index in [0.29, 0.717) is 17.8 Å². The Morgan fingerprint density at radius 1 is 1.17 bits per heavy atom. The maximum absolute atomic E-state index is 12.5. The first-order valence-corrected chi connectivity index (χ1v) is 10.1. The van der Waals surface area contributed by atoms with Gasteiger partial charge in [0, 0.05) is 23.8 Å². The molecule has 0 aromatic heterocycles. The summed E-state index contributed by atoms with van der Waals surface area (Å²) in [5.74, 6) is 0.673. The quantitative estimate of drug-likeness (QED) is 0.623. The normalized spacial score (nSPS) is 14.2. The third kappa shape index (κ3) is 5.73. The Hall–Kier alpha value is -3.06. The van der Waals surface area contributed by atoms with E-state index in [1.807, 2.05) is 56.3 Å². The molecule has 0 radical (unpaired) electrons. The molecule has 3 N–H and O–H groups in total. The van der Waals surface area contributed by atoms with Crippen LogP contribution in [-0.4, -0.2) is 50.6 Å². The van der Waals surface area contributed by atoms with Crippen molar-refractivity contribution in [3.63, 3.8) is 0 Å². The second-order valence-corrected chi connectivity index (χ2v) is 7.87. The van der Waals surface area contributed by atoms with Crippen LogP contribution in [0.4, 0.5) is 10.5 Å². The molecule has 1 unspecified atom stereocenters. The van der Waals surface area contributed by atoms with Crippen molar-refractivity contribution in [3.05, 3.63) is 59.2 Å². The van der Waals surface area contributed by atoms with Gasteiger partial charge in [-0.25, -0.2) is 4.79 Å². The minimum atomic E-state index is -0.312. The monoisotopic (exact) mass is 410 g/mol. The third-order valence-corrected chi connectivity index (χ3v) is 5.22. The minimum absolute atomic E-state index is 0.0115. The predicted molar refractivity (Wildman–Crippen MR) is 118 cm³/mol. The fourth-order valence-electron chi connectivity index (χ4n) is 3.20. The molecule has 3 rings (SSSR count). The molecule has 160 valence electrons.